The molecule has 1 aliphatic heterocycles. The molecule has 182 valence electrons. The summed E-state index contributed by atoms with van der Waals surface area (Å²) in [7, 11) is 0. The zero-order valence-corrected chi connectivity index (χ0v) is 20.8. The number of piperidine rings is 1. The lowest BCUT2D eigenvalue weighted by Crippen LogP contribution is -2.38. The number of benzene rings is 2. The van der Waals surface area contributed by atoms with Gasteiger partial charge in [-0.25, -0.2) is 0 Å². The summed E-state index contributed by atoms with van der Waals surface area (Å²) in [5, 5.41) is 8.82. The number of nitrogens with zero attached hydrogens (tertiary/aromatic N) is 1. The first-order valence-electron chi connectivity index (χ1n) is 13.5. The second-order valence-electron chi connectivity index (χ2n) is 10.8. The van der Waals surface area contributed by atoms with Gasteiger partial charge in [0.1, 0.15) is 0 Å². The van der Waals surface area contributed by atoms with E-state index in [4.69, 9.17) is 5.73 Å². The van der Waals surface area contributed by atoms with Gasteiger partial charge in [-0.1, -0.05) is 48.0 Å². The average Bonchev–Trinajstić information content (AvgIpc) is 3.22. The number of fused-ring (bicyclic) bond motifs is 1. The molecule has 0 spiro atoms. The molecule has 1 saturated heterocycles. The maximum Gasteiger partial charge on any atom is 0.0483 e. The van der Waals surface area contributed by atoms with E-state index < -0.39 is 0 Å². The Kier molecular flexibility index (Phi) is 7.68. The number of nitrogens with one attached hydrogen (secondary N) is 2. The molecule has 2 heterocycles. The van der Waals surface area contributed by atoms with Gasteiger partial charge in [-0.2, -0.15) is 0 Å². The van der Waals surface area contributed by atoms with Crippen molar-refractivity contribution in [2.24, 2.45) is 11.7 Å². The Labute approximate surface area is 205 Å². The number of para-hydroxylation sites is 1. The molecule has 5 rings (SSSR count). The Balaban J connectivity index is 1.41. The molecule has 2 aromatic carbocycles. The molecular weight excluding hydrogens is 416 g/mol. The van der Waals surface area contributed by atoms with Crippen molar-refractivity contribution in [2.45, 2.75) is 76.4 Å². The Morgan fingerprint density at radius 2 is 1.79 bits per heavy atom. The molecule has 4 N–H and O–H groups in total. The summed E-state index contributed by atoms with van der Waals surface area (Å²) >= 11 is 0. The maximum absolute atomic E-state index is 6.13. The first-order chi connectivity index (χ1) is 16.7. The maximum atomic E-state index is 6.13. The highest BCUT2D eigenvalue weighted by atomic mass is 15.0. The van der Waals surface area contributed by atoms with E-state index in [-0.39, 0.29) is 0 Å². The van der Waals surface area contributed by atoms with Gasteiger partial charge in [0.25, 0.3) is 0 Å². The van der Waals surface area contributed by atoms with Gasteiger partial charge in [0.2, 0.25) is 0 Å². The number of hydrogen-bond donors (Lipinski definition) is 3. The van der Waals surface area contributed by atoms with Crippen LogP contribution in [0.2, 0.25) is 0 Å². The van der Waals surface area contributed by atoms with Gasteiger partial charge in [0, 0.05) is 41.6 Å². The second kappa shape index (κ2) is 11.1. The Hall–Kier alpha value is -2.14. The van der Waals surface area contributed by atoms with Crippen molar-refractivity contribution in [3.8, 4) is 0 Å². The third-order valence-corrected chi connectivity index (χ3v) is 8.19. The molecule has 1 aliphatic carbocycles. The van der Waals surface area contributed by atoms with E-state index >= 15 is 0 Å². The van der Waals surface area contributed by atoms with Crippen molar-refractivity contribution in [2.75, 3.05) is 19.6 Å². The number of nitrogens with two attached hydrogens (primary N) is 1. The van der Waals surface area contributed by atoms with Crippen molar-refractivity contribution in [3.63, 3.8) is 0 Å². The third kappa shape index (κ3) is 5.56. The van der Waals surface area contributed by atoms with Crippen molar-refractivity contribution >= 4 is 10.9 Å². The summed E-state index contributed by atoms with van der Waals surface area (Å²) in [5.74, 6) is 1.17. The molecule has 2 fully saturated rings. The van der Waals surface area contributed by atoms with Crippen LogP contribution in [0.3, 0.4) is 0 Å². The van der Waals surface area contributed by atoms with Crippen LogP contribution < -0.4 is 16.4 Å². The van der Waals surface area contributed by atoms with Crippen LogP contribution >= 0.6 is 0 Å². The molecule has 2 aliphatic rings. The van der Waals surface area contributed by atoms with Gasteiger partial charge in [-0.15, -0.1) is 0 Å². The van der Waals surface area contributed by atoms with Gasteiger partial charge in [-0.05, 0) is 94.6 Å². The highest BCUT2D eigenvalue weighted by Gasteiger charge is 2.23. The van der Waals surface area contributed by atoms with Crippen LogP contribution in [0.25, 0.3) is 10.9 Å². The number of rotatable bonds is 8. The quantitative estimate of drug-likeness (QED) is 0.428. The molecule has 0 bridgehead atoms. The van der Waals surface area contributed by atoms with Crippen molar-refractivity contribution in [1.29, 1.82) is 0 Å². The van der Waals surface area contributed by atoms with E-state index in [1.807, 2.05) is 0 Å². The summed E-state index contributed by atoms with van der Waals surface area (Å²) in [6.45, 7) is 6.70. The Bertz CT molecular complexity index is 1060. The lowest BCUT2D eigenvalue weighted by molar-refractivity contribution is 0.336. The Morgan fingerprint density at radius 3 is 2.59 bits per heavy atom. The molecule has 1 saturated carbocycles. The smallest absolute Gasteiger partial charge is 0.0483 e. The van der Waals surface area contributed by atoms with Crippen LogP contribution in [-0.4, -0.2) is 36.3 Å². The van der Waals surface area contributed by atoms with Crippen LogP contribution in [0.4, 0.5) is 0 Å². The minimum atomic E-state index is 0.400. The predicted molar refractivity (Wildman–Crippen MR) is 143 cm³/mol. The van der Waals surface area contributed by atoms with E-state index in [2.05, 4.69) is 76.9 Å². The van der Waals surface area contributed by atoms with Gasteiger partial charge in [0.05, 0.1) is 0 Å². The molecule has 0 radical (unpaired) electrons. The summed E-state index contributed by atoms with van der Waals surface area (Å²) in [6, 6.07) is 19.2. The lowest BCUT2D eigenvalue weighted by atomic mass is 9.87. The minimum Gasteiger partial charge on any atom is -0.347 e. The molecule has 1 aromatic heterocycles. The van der Waals surface area contributed by atoms with Crippen LogP contribution in [0, 0.1) is 12.8 Å². The SMILES string of the molecule is Cc1cccc(C(CCNC2CCC(N)CC2)c2cn(CC3CCNCC3)c3ccccc23)c1. The van der Waals surface area contributed by atoms with Gasteiger partial charge in [0.15, 0.2) is 0 Å². The van der Waals surface area contributed by atoms with Crippen LogP contribution in [0.15, 0.2) is 54.7 Å². The van der Waals surface area contributed by atoms with Crippen molar-refractivity contribution < 1.29 is 0 Å². The first-order valence-corrected chi connectivity index (χ1v) is 13.5. The molecule has 34 heavy (non-hydrogen) atoms. The highest BCUT2D eigenvalue weighted by molar-refractivity contribution is 5.85. The number of aryl methyl sites for hydroxylation is 1. The predicted octanol–water partition coefficient (Wildman–Crippen LogP) is 5.33. The zero-order chi connectivity index (χ0) is 23.3. The van der Waals surface area contributed by atoms with Gasteiger partial charge >= 0.3 is 0 Å². The summed E-state index contributed by atoms with van der Waals surface area (Å²) in [5.41, 5.74) is 11.8. The second-order valence-corrected chi connectivity index (χ2v) is 10.8. The third-order valence-electron chi connectivity index (χ3n) is 8.19. The van der Waals surface area contributed by atoms with Crippen molar-refractivity contribution in [3.05, 3.63) is 71.4 Å². The van der Waals surface area contributed by atoms with E-state index in [0.29, 0.717) is 18.0 Å². The largest absolute Gasteiger partial charge is 0.347 e. The number of hydrogen-bond acceptors (Lipinski definition) is 3. The first kappa shape index (κ1) is 23.6. The van der Waals surface area contributed by atoms with Gasteiger partial charge < -0.3 is 20.9 Å². The number of aromatic nitrogens is 1. The van der Waals surface area contributed by atoms with E-state index in [9.17, 15) is 0 Å². The van der Waals surface area contributed by atoms with Crippen molar-refractivity contribution in [1.82, 2.24) is 15.2 Å². The van der Waals surface area contributed by atoms with Crippen LogP contribution in [0.5, 0.6) is 0 Å². The highest BCUT2D eigenvalue weighted by Crippen LogP contribution is 2.36. The van der Waals surface area contributed by atoms with Crippen LogP contribution in [0.1, 0.15) is 67.6 Å². The fraction of sp³-hybridized carbons (Fsp3) is 0.533. The molecular formula is C30H42N4. The zero-order valence-electron chi connectivity index (χ0n) is 20.8. The lowest BCUT2D eigenvalue weighted by Gasteiger charge is -2.28. The molecule has 3 aromatic rings. The van der Waals surface area contributed by atoms with E-state index in [1.165, 1.54) is 53.3 Å². The van der Waals surface area contributed by atoms with Gasteiger partial charge in [-0.3, -0.25) is 0 Å². The normalized spacial score (nSPS) is 22.8. The average molecular weight is 459 g/mol. The minimum absolute atomic E-state index is 0.400. The molecule has 4 nitrogen and oxygen atoms in total. The summed E-state index contributed by atoms with van der Waals surface area (Å²) < 4.78 is 2.55. The topological polar surface area (TPSA) is 55.0 Å². The standard InChI is InChI=1S/C30H42N4/c1-22-5-4-6-24(19-22)27(15-18-33-26-11-9-25(31)10-12-26)29-21-34(20-23-13-16-32-17-14-23)30-8-3-2-7-28(29)30/h2-8,19,21,23,25-27,32-33H,9-18,20,31H2,1H3. The summed E-state index contributed by atoms with van der Waals surface area (Å²) in [6.07, 6.45) is 10.9. The van der Waals surface area contributed by atoms with E-state index in [1.54, 1.807) is 0 Å². The molecule has 4 heteroatoms. The van der Waals surface area contributed by atoms with Crippen LogP contribution in [-0.2, 0) is 6.54 Å². The molecule has 0 amide bonds. The summed E-state index contributed by atoms with van der Waals surface area (Å²) in [4.78, 5) is 0. The Morgan fingerprint density at radius 1 is 1.00 bits per heavy atom. The monoisotopic (exact) mass is 458 g/mol. The molecule has 1 atom stereocenters. The van der Waals surface area contributed by atoms with E-state index in [0.717, 1.165) is 51.4 Å². The fourth-order valence-corrected chi connectivity index (χ4v) is 6.19. The fourth-order valence-electron chi connectivity index (χ4n) is 6.19. The molecule has 1 unspecified atom stereocenters.